The van der Waals surface area contributed by atoms with Crippen LogP contribution in [0.4, 0.5) is 0 Å². The lowest BCUT2D eigenvalue weighted by Gasteiger charge is -2.20. The SMILES string of the molecule is CSc1nc(C)c(CCC(=O)NC(c2ccccc2)c2ccccc2)c(=O)[nH]1. The second-order valence-corrected chi connectivity index (χ2v) is 7.26. The molecule has 0 fully saturated rings. The first-order valence-electron chi connectivity index (χ1n) is 9.11. The van der Waals surface area contributed by atoms with Crippen LogP contribution in [0.5, 0.6) is 0 Å². The van der Waals surface area contributed by atoms with Crippen molar-refractivity contribution in [2.75, 3.05) is 6.26 Å². The molecule has 0 saturated carbocycles. The summed E-state index contributed by atoms with van der Waals surface area (Å²) in [5.41, 5.74) is 3.09. The summed E-state index contributed by atoms with van der Waals surface area (Å²) in [4.78, 5) is 32.0. The molecule has 2 aromatic carbocycles. The average molecular weight is 394 g/mol. The van der Waals surface area contributed by atoms with E-state index in [0.29, 0.717) is 22.8 Å². The van der Waals surface area contributed by atoms with E-state index in [1.807, 2.05) is 66.9 Å². The molecule has 0 bridgehead atoms. The van der Waals surface area contributed by atoms with Gasteiger partial charge in [0, 0.05) is 17.7 Å². The smallest absolute Gasteiger partial charge is 0.254 e. The molecule has 0 aliphatic heterocycles. The van der Waals surface area contributed by atoms with Gasteiger partial charge in [-0.25, -0.2) is 4.98 Å². The maximum Gasteiger partial charge on any atom is 0.254 e. The summed E-state index contributed by atoms with van der Waals surface area (Å²) in [6.45, 7) is 1.80. The molecule has 1 aromatic heterocycles. The number of nitrogens with zero attached hydrogens (tertiary/aromatic N) is 1. The van der Waals surface area contributed by atoms with Gasteiger partial charge in [0.2, 0.25) is 5.91 Å². The van der Waals surface area contributed by atoms with E-state index in [9.17, 15) is 9.59 Å². The van der Waals surface area contributed by atoms with Crippen LogP contribution in [-0.4, -0.2) is 22.1 Å². The van der Waals surface area contributed by atoms with Gasteiger partial charge < -0.3 is 10.3 Å². The molecule has 3 rings (SSSR count). The Hall–Kier alpha value is -2.86. The molecule has 0 atom stereocenters. The fourth-order valence-corrected chi connectivity index (χ4v) is 3.52. The third-order valence-electron chi connectivity index (χ3n) is 4.57. The first-order chi connectivity index (χ1) is 13.6. The van der Waals surface area contributed by atoms with Gasteiger partial charge in [0.05, 0.1) is 6.04 Å². The quantitative estimate of drug-likeness (QED) is 0.475. The number of benzene rings is 2. The lowest BCUT2D eigenvalue weighted by atomic mass is 9.98. The number of aromatic nitrogens is 2. The van der Waals surface area contributed by atoms with E-state index in [1.165, 1.54) is 11.8 Å². The summed E-state index contributed by atoms with van der Waals surface area (Å²) in [6, 6.07) is 19.5. The van der Waals surface area contributed by atoms with E-state index in [0.717, 1.165) is 11.1 Å². The number of rotatable bonds is 7. The number of carbonyl (C=O) groups is 1. The van der Waals surface area contributed by atoms with Crippen molar-refractivity contribution >= 4 is 17.7 Å². The highest BCUT2D eigenvalue weighted by molar-refractivity contribution is 7.98. The van der Waals surface area contributed by atoms with Crippen molar-refractivity contribution in [2.24, 2.45) is 0 Å². The Morgan fingerprint density at radius 2 is 1.64 bits per heavy atom. The lowest BCUT2D eigenvalue weighted by molar-refractivity contribution is -0.121. The fraction of sp³-hybridized carbons (Fsp3) is 0.227. The minimum atomic E-state index is -0.230. The molecule has 0 spiro atoms. The Kier molecular flexibility index (Phi) is 6.66. The number of nitrogens with one attached hydrogen (secondary N) is 2. The first kappa shape index (κ1) is 19.9. The van der Waals surface area contributed by atoms with Crippen LogP contribution in [0.15, 0.2) is 70.6 Å². The van der Waals surface area contributed by atoms with E-state index in [4.69, 9.17) is 0 Å². The van der Waals surface area contributed by atoms with Crippen LogP contribution in [-0.2, 0) is 11.2 Å². The summed E-state index contributed by atoms with van der Waals surface area (Å²) in [6.07, 6.45) is 2.43. The molecule has 28 heavy (non-hydrogen) atoms. The number of amides is 1. The topological polar surface area (TPSA) is 74.8 Å². The summed E-state index contributed by atoms with van der Waals surface area (Å²) in [5, 5.41) is 3.69. The molecule has 0 aliphatic carbocycles. The van der Waals surface area contributed by atoms with E-state index in [1.54, 1.807) is 6.92 Å². The van der Waals surface area contributed by atoms with Crippen LogP contribution in [0.2, 0.25) is 0 Å². The van der Waals surface area contributed by atoms with Gasteiger partial charge in [-0.05, 0) is 30.7 Å². The number of aryl methyl sites for hydroxylation is 1. The molecule has 0 unspecified atom stereocenters. The van der Waals surface area contributed by atoms with Crippen molar-refractivity contribution in [3.63, 3.8) is 0 Å². The molecule has 2 N–H and O–H groups in total. The summed E-state index contributed by atoms with van der Waals surface area (Å²) in [7, 11) is 0. The third-order valence-corrected chi connectivity index (χ3v) is 5.15. The van der Waals surface area contributed by atoms with Crippen LogP contribution < -0.4 is 10.9 Å². The zero-order valence-electron chi connectivity index (χ0n) is 15.9. The van der Waals surface area contributed by atoms with Gasteiger partial charge in [0.15, 0.2) is 5.16 Å². The molecule has 144 valence electrons. The van der Waals surface area contributed by atoms with E-state index >= 15 is 0 Å². The molecule has 3 aromatic rings. The van der Waals surface area contributed by atoms with Crippen molar-refractivity contribution in [1.29, 1.82) is 0 Å². The van der Waals surface area contributed by atoms with Crippen molar-refractivity contribution < 1.29 is 4.79 Å². The van der Waals surface area contributed by atoms with Crippen LogP contribution in [0, 0.1) is 6.92 Å². The van der Waals surface area contributed by atoms with Gasteiger partial charge >= 0.3 is 0 Å². The number of hydrogen-bond donors (Lipinski definition) is 2. The molecular weight excluding hydrogens is 370 g/mol. The number of H-pyrrole nitrogens is 1. The van der Waals surface area contributed by atoms with Gasteiger partial charge in [-0.2, -0.15) is 0 Å². The predicted molar refractivity (Wildman–Crippen MR) is 113 cm³/mol. The molecular formula is C22H23N3O2S. The molecule has 1 amide bonds. The molecule has 0 aliphatic rings. The van der Waals surface area contributed by atoms with Crippen molar-refractivity contribution in [2.45, 2.75) is 31.0 Å². The van der Waals surface area contributed by atoms with Crippen LogP contribution in [0.3, 0.4) is 0 Å². The molecule has 0 radical (unpaired) electrons. The number of hydrogen-bond acceptors (Lipinski definition) is 4. The maximum absolute atomic E-state index is 12.7. The van der Waals surface area contributed by atoms with Gasteiger partial charge in [-0.15, -0.1) is 0 Å². The largest absolute Gasteiger partial charge is 0.345 e. The Morgan fingerprint density at radius 1 is 1.07 bits per heavy atom. The van der Waals surface area contributed by atoms with E-state index < -0.39 is 0 Å². The summed E-state index contributed by atoms with van der Waals surface area (Å²) >= 11 is 1.39. The van der Waals surface area contributed by atoms with Crippen molar-refractivity contribution in [1.82, 2.24) is 15.3 Å². The zero-order valence-corrected chi connectivity index (χ0v) is 16.8. The number of aromatic amines is 1. The van der Waals surface area contributed by atoms with E-state index in [2.05, 4.69) is 15.3 Å². The van der Waals surface area contributed by atoms with Crippen molar-refractivity contribution in [3.8, 4) is 0 Å². The number of carbonyl (C=O) groups excluding carboxylic acids is 1. The predicted octanol–water partition coefficient (Wildman–Crippen LogP) is 3.64. The van der Waals surface area contributed by atoms with Crippen LogP contribution in [0.1, 0.15) is 34.8 Å². The monoisotopic (exact) mass is 393 g/mol. The van der Waals surface area contributed by atoms with Gasteiger partial charge in [0.25, 0.3) is 5.56 Å². The molecule has 5 nitrogen and oxygen atoms in total. The first-order valence-corrected chi connectivity index (χ1v) is 10.3. The summed E-state index contributed by atoms with van der Waals surface area (Å²) in [5.74, 6) is -0.106. The third kappa shape index (κ3) is 4.89. The Bertz CT molecular complexity index is 948. The second kappa shape index (κ2) is 9.37. The highest BCUT2D eigenvalue weighted by Crippen LogP contribution is 2.22. The minimum Gasteiger partial charge on any atom is -0.345 e. The second-order valence-electron chi connectivity index (χ2n) is 6.46. The van der Waals surface area contributed by atoms with Gasteiger partial charge in [0.1, 0.15) is 0 Å². The Labute approximate surface area is 168 Å². The highest BCUT2D eigenvalue weighted by atomic mass is 32.2. The zero-order chi connectivity index (χ0) is 19.9. The van der Waals surface area contributed by atoms with Crippen LogP contribution >= 0.6 is 11.8 Å². The maximum atomic E-state index is 12.7. The van der Waals surface area contributed by atoms with Gasteiger partial charge in [-0.3, -0.25) is 9.59 Å². The Balaban J connectivity index is 1.74. The average Bonchev–Trinajstić information content (AvgIpc) is 2.72. The van der Waals surface area contributed by atoms with Crippen molar-refractivity contribution in [3.05, 3.63) is 93.4 Å². The van der Waals surface area contributed by atoms with Gasteiger partial charge in [-0.1, -0.05) is 72.4 Å². The molecule has 1 heterocycles. The fourth-order valence-electron chi connectivity index (χ4n) is 3.10. The van der Waals surface area contributed by atoms with E-state index in [-0.39, 0.29) is 23.9 Å². The normalized spacial score (nSPS) is 10.8. The highest BCUT2D eigenvalue weighted by Gasteiger charge is 2.17. The Morgan fingerprint density at radius 3 is 2.14 bits per heavy atom. The standard InChI is InChI=1S/C22H23N3O2S/c1-15-18(21(27)25-22(23-15)28-2)13-14-19(26)24-20(16-9-5-3-6-10-16)17-11-7-4-8-12-17/h3-12,20H,13-14H2,1-2H3,(H,24,26)(H,23,25,27). The molecule has 6 heteroatoms. The lowest BCUT2D eigenvalue weighted by Crippen LogP contribution is -2.30. The number of thioether (sulfide) groups is 1. The summed E-state index contributed by atoms with van der Waals surface area (Å²) < 4.78 is 0. The molecule has 0 saturated heterocycles. The van der Waals surface area contributed by atoms with Crippen LogP contribution in [0.25, 0.3) is 0 Å². The minimum absolute atomic E-state index is 0.106.